The average Bonchev–Trinajstić information content (AvgIpc) is 2.34. The Morgan fingerprint density at radius 1 is 1.42 bits per heavy atom. The highest BCUT2D eigenvalue weighted by Crippen LogP contribution is 2.25. The molecular formula is C14H23N5. The molecule has 0 aromatic carbocycles. The van der Waals surface area contributed by atoms with Gasteiger partial charge in [0.15, 0.2) is 6.19 Å². The fraction of sp³-hybridized carbons (Fsp3) is 0.643. The van der Waals surface area contributed by atoms with Gasteiger partial charge in [0.1, 0.15) is 18.0 Å². The van der Waals surface area contributed by atoms with Crippen molar-refractivity contribution < 1.29 is 0 Å². The van der Waals surface area contributed by atoms with Crippen molar-refractivity contribution in [3.63, 3.8) is 0 Å². The Morgan fingerprint density at radius 2 is 2.11 bits per heavy atom. The second kappa shape index (κ2) is 6.37. The molecule has 0 spiro atoms. The summed E-state index contributed by atoms with van der Waals surface area (Å²) >= 11 is 0. The molecule has 0 fully saturated rings. The van der Waals surface area contributed by atoms with Gasteiger partial charge in [-0.1, -0.05) is 27.7 Å². The van der Waals surface area contributed by atoms with Gasteiger partial charge in [-0.15, -0.1) is 0 Å². The number of aromatic nitrogens is 2. The maximum atomic E-state index is 8.83. The summed E-state index contributed by atoms with van der Waals surface area (Å²) < 4.78 is 0. The van der Waals surface area contributed by atoms with E-state index in [9.17, 15) is 0 Å². The zero-order chi connectivity index (χ0) is 14.5. The van der Waals surface area contributed by atoms with E-state index in [4.69, 9.17) is 5.26 Å². The largest absolute Gasteiger partial charge is 0.369 e. The number of rotatable bonds is 6. The Bertz CT molecular complexity index is 447. The second-order valence-electron chi connectivity index (χ2n) is 6.04. The zero-order valence-electron chi connectivity index (χ0n) is 12.4. The van der Waals surface area contributed by atoms with Crippen LogP contribution in [0.3, 0.4) is 0 Å². The van der Waals surface area contributed by atoms with Crippen LogP contribution < -0.4 is 10.2 Å². The molecule has 0 aliphatic carbocycles. The van der Waals surface area contributed by atoms with Gasteiger partial charge in [-0.3, -0.25) is 4.90 Å². The van der Waals surface area contributed by atoms with Crippen LogP contribution in [-0.4, -0.2) is 23.6 Å². The molecule has 0 bridgehead atoms. The van der Waals surface area contributed by atoms with Crippen LogP contribution in [0.1, 0.15) is 34.1 Å². The molecule has 0 atom stereocenters. The van der Waals surface area contributed by atoms with Crippen molar-refractivity contribution in [3.8, 4) is 6.19 Å². The number of anilines is 2. The topological polar surface area (TPSA) is 64.8 Å². The molecule has 19 heavy (non-hydrogen) atoms. The van der Waals surface area contributed by atoms with Crippen molar-refractivity contribution >= 4 is 11.6 Å². The maximum absolute atomic E-state index is 8.83. The van der Waals surface area contributed by atoms with Crippen molar-refractivity contribution in [3.05, 3.63) is 12.4 Å². The summed E-state index contributed by atoms with van der Waals surface area (Å²) in [6.45, 7) is 9.78. The molecule has 1 aromatic rings. The first-order valence-corrected chi connectivity index (χ1v) is 6.53. The minimum absolute atomic E-state index is 0.209. The van der Waals surface area contributed by atoms with Crippen molar-refractivity contribution in [2.45, 2.75) is 34.1 Å². The number of hydrogen-bond acceptors (Lipinski definition) is 5. The first-order valence-electron chi connectivity index (χ1n) is 6.53. The minimum Gasteiger partial charge on any atom is -0.369 e. The summed E-state index contributed by atoms with van der Waals surface area (Å²) in [6, 6.07) is 1.79. The first kappa shape index (κ1) is 15.2. The van der Waals surface area contributed by atoms with Crippen LogP contribution in [0.25, 0.3) is 0 Å². The van der Waals surface area contributed by atoms with Crippen molar-refractivity contribution in [1.29, 1.82) is 5.26 Å². The Morgan fingerprint density at radius 3 is 2.68 bits per heavy atom. The van der Waals surface area contributed by atoms with E-state index in [-0.39, 0.29) is 5.41 Å². The normalized spacial score (nSPS) is 11.2. The Kier molecular flexibility index (Phi) is 5.11. The van der Waals surface area contributed by atoms with Gasteiger partial charge in [0.05, 0.1) is 0 Å². The standard InChI is InChI=1S/C14H23N5/c1-11(2)7-14(3,4)8-16-12-6-13(18-10-17-12)19(5)9-15/h6,10-11H,7-8H2,1-5H3,(H,16,17,18). The third-order valence-corrected chi connectivity index (χ3v) is 2.86. The first-order chi connectivity index (χ1) is 8.84. The van der Waals surface area contributed by atoms with Gasteiger partial charge in [0, 0.05) is 19.7 Å². The minimum atomic E-state index is 0.209. The predicted octanol–water partition coefficient (Wildman–Crippen LogP) is 2.88. The quantitative estimate of drug-likeness (QED) is 0.630. The van der Waals surface area contributed by atoms with Crippen LogP contribution >= 0.6 is 0 Å². The molecule has 104 valence electrons. The van der Waals surface area contributed by atoms with Crippen molar-refractivity contribution in [2.24, 2.45) is 11.3 Å². The summed E-state index contributed by atoms with van der Waals surface area (Å²) in [4.78, 5) is 9.64. The van der Waals surface area contributed by atoms with E-state index in [0.717, 1.165) is 18.8 Å². The van der Waals surface area contributed by atoms with Gasteiger partial charge >= 0.3 is 0 Å². The van der Waals surface area contributed by atoms with Gasteiger partial charge in [0.25, 0.3) is 0 Å². The lowest BCUT2D eigenvalue weighted by Crippen LogP contribution is -2.25. The highest BCUT2D eigenvalue weighted by atomic mass is 15.2. The van der Waals surface area contributed by atoms with E-state index in [1.165, 1.54) is 11.2 Å². The predicted molar refractivity (Wildman–Crippen MR) is 77.8 cm³/mol. The third kappa shape index (κ3) is 5.12. The summed E-state index contributed by atoms with van der Waals surface area (Å²) in [6.07, 6.45) is 4.64. The molecule has 0 aliphatic heterocycles. The van der Waals surface area contributed by atoms with Crippen LogP contribution in [0, 0.1) is 22.8 Å². The molecule has 0 saturated carbocycles. The molecule has 1 aromatic heterocycles. The van der Waals surface area contributed by atoms with Crippen molar-refractivity contribution in [2.75, 3.05) is 23.8 Å². The SMILES string of the molecule is CC(C)CC(C)(C)CNc1cc(N(C)C#N)ncn1. The Balaban J connectivity index is 2.66. The molecule has 0 saturated heterocycles. The van der Waals surface area contributed by atoms with Crippen LogP contribution in [0.5, 0.6) is 0 Å². The summed E-state index contributed by atoms with van der Waals surface area (Å²) in [7, 11) is 1.68. The van der Waals surface area contributed by atoms with Gasteiger partial charge in [-0.05, 0) is 17.8 Å². The number of nitriles is 1. The van der Waals surface area contributed by atoms with Crippen LogP contribution in [0.15, 0.2) is 12.4 Å². The smallest absolute Gasteiger partial charge is 0.185 e. The monoisotopic (exact) mass is 261 g/mol. The molecule has 5 heteroatoms. The van der Waals surface area contributed by atoms with Gasteiger partial charge in [-0.25, -0.2) is 9.97 Å². The molecule has 0 radical (unpaired) electrons. The summed E-state index contributed by atoms with van der Waals surface area (Å²) in [5, 5.41) is 12.2. The lowest BCUT2D eigenvalue weighted by atomic mass is 9.84. The van der Waals surface area contributed by atoms with Crippen LogP contribution in [0.4, 0.5) is 11.6 Å². The lowest BCUT2D eigenvalue weighted by molar-refractivity contribution is 0.306. The van der Waals surface area contributed by atoms with E-state index >= 15 is 0 Å². The molecule has 1 rings (SSSR count). The molecule has 0 aliphatic rings. The molecule has 0 unspecified atom stereocenters. The fourth-order valence-electron chi connectivity index (χ4n) is 2.19. The maximum Gasteiger partial charge on any atom is 0.185 e. The fourth-order valence-corrected chi connectivity index (χ4v) is 2.19. The van der Waals surface area contributed by atoms with Gasteiger partial charge in [-0.2, -0.15) is 5.26 Å². The van der Waals surface area contributed by atoms with Gasteiger partial charge in [0.2, 0.25) is 0 Å². The van der Waals surface area contributed by atoms with Crippen LogP contribution in [0.2, 0.25) is 0 Å². The van der Waals surface area contributed by atoms with Crippen LogP contribution in [-0.2, 0) is 0 Å². The molecule has 0 amide bonds. The zero-order valence-corrected chi connectivity index (χ0v) is 12.4. The van der Waals surface area contributed by atoms with Crippen molar-refractivity contribution in [1.82, 2.24) is 9.97 Å². The van der Waals surface area contributed by atoms with E-state index in [1.54, 1.807) is 13.1 Å². The third-order valence-electron chi connectivity index (χ3n) is 2.86. The number of nitrogens with one attached hydrogen (secondary N) is 1. The summed E-state index contributed by atoms with van der Waals surface area (Å²) in [5.74, 6) is 2.02. The lowest BCUT2D eigenvalue weighted by Gasteiger charge is -2.27. The van der Waals surface area contributed by atoms with Gasteiger partial charge < -0.3 is 5.32 Å². The molecular weight excluding hydrogens is 238 g/mol. The van der Waals surface area contributed by atoms with E-state index < -0.39 is 0 Å². The average molecular weight is 261 g/mol. The molecule has 1 N–H and O–H groups in total. The highest BCUT2D eigenvalue weighted by Gasteiger charge is 2.19. The molecule has 5 nitrogen and oxygen atoms in total. The van der Waals surface area contributed by atoms with E-state index in [0.29, 0.717) is 11.7 Å². The highest BCUT2D eigenvalue weighted by molar-refractivity contribution is 5.50. The Labute approximate surface area is 115 Å². The van der Waals surface area contributed by atoms with E-state index in [2.05, 4.69) is 43.0 Å². The number of nitrogens with zero attached hydrogens (tertiary/aromatic N) is 4. The second-order valence-corrected chi connectivity index (χ2v) is 6.04. The Hall–Kier alpha value is -1.83. The van der Waals surface area contributed by atoms with E-state index in [1.807, 2.05) is 6.19 Å². The molecule has 1 heterocycles. The number of hydrogen-bond donors (Lipinski definition) is 1. The summed E-state index contributed by atoms with van der Waals surface area (Å²) in [5.41, 5.74) is 0.209.